The molecule has 0 bridgehead atoms. The van der Waals surface area contributed by atoms with Gasteiger partial charge in [-0.05, 0) is 50.5 Å². The van der Waals surface area contributed by atoms with Crippen LogP contribution in [0.4, 0.5) is 0 Å². The molecule has 1 heterocycles. The lowest BCUT2D eigenvalue weighted by atomic mass is 9.79. The van der Waals surface area contributed by atoms with E-state index in [1.165, 1.54) is 36.4 Å². The van der Waals surface area contributed by atoms with Gasteiger partial charge >= 0.3 is 0 Å². The van der Waals surface area contributed by atoms with Gasteiger partial charge in [0.1, 0.15) is 0 Å². The van der Waals surface area contributed by atoms with Crippen molar-refractivity contribution in [2.75, 3.05) is 6.54 Å². The van der Waals surface area contributed by atoms with Crippen LogP contribution in [0.2, 0.25) is 0 Å². The Morgan fingerprint density at radius 3 is 2.94 bits per heavy atom. The van der Waals surface area contributed by atoms with Gasteiger partial charge in [-0.3, -0.25) is 0 Å². The summed E-state index contributed by atoms with van der Waals surface area (Å²) in [7, 11) is 0. The van der Waals surface area contributed by atoms with Crippen LogP contribution in [0.5, 0.6) is 0 Å². The highest BCUT2D eigenvalue weighted by Crippen LogP contribution is 2.37. The lowest BCUT2D eigenvalue weighted by Crippen LogP contribution is -2.20. The maximum Gasteiger partial charge on any atom is 0.0931 e. The minimum absolute atomic E-state index is 0.480. The fraction of sp³-hybridized carbons (Fsp3) is 0.769. The summed E-state index contributed by atoms with van der Waals surface area (Å²) in [4.78, 5) is 6.31. The van der Waals surface area contributed by atoms with Gasteiger partial charge in [-0.15, -0.1) is 11.3 Å². The molecule has 0 saturated carbocycles. The maximum absolute atomic E-state index is 5.51. The number of nitrogens with zero attached hydrogens (tertiary/aromatic N) is 1. The van der Waals surface area contributed by atoms with Crippen LogP contribution in [0.15, 0.2) is 0 Å². The summed E-state index contributed by atoms with van der Waals surface area (Å²) >= 11 is 1.94. The van der Waals surface area contributed by atoms with Crippen molar-refractivity contribution < 1.29 is 0 Å². The first-order chi connectivity index (χ1) is 7.61. The van der Waals surface area contributed by atoms with Gasteiger partial charge in [0.05, 0.1) is 10.7 Å². The quantitative estimate of drug-likeness (QED) is 0.819. The number of aromatic nitrogens is 1. The van der Waals surface area contributed by atoms with Crippen LogP contribution < -0.4 is 5.73 Å². The molecule has 16 heavy (non-hydrogen) atoms. The topological polar surface area (TPSA) is 38.9 Å². The molecule has 0 atom stereocenters. The Morgan fingerprint density at radius 1 is 1.38 bits per heavy atom. The third-order valence-electron chi connectivity index (χ3n) is 3.34. The minimum atomic E-state index is 0.480. The molecule has 2 rings (SSSR count). The fourth-order valence-electron chi connectivity index (χ4n) is 2.28. The van der Waals surface area contributed by atoms with Crippen molar-refractivity contribution in [1.82, 2.24) is 4.98 Å². The highest BCUT2D eigenvalue weighted by molar-refractivity contribution is 7.11. The molecule has 0 aromatic carbocycles. The van der Waals surface area contributed by atoms with Crippen LogP contribution in [0.25, 0.3) is 0 Å². The largest absolute Gasteiger partial charge is 0.330 e. The normalized spacial score (nSPS) is 18.4. The summed E-state index contributed by atoms with van der Waals surface area (Å²) in [5.74, 6) is 0. The van der Waals surface area contributed by atoms with Crippen LogP contribution in [0, 0.1) is 5.41 Å². The highest BCUT2D eigenvalue weighted by Gasteiger charge is 2.27. The number of aryl methyl sites for hydroxylation is 2. The van der Waals surface area contributed by atoms with Crippen LogP contribution in [-0.2, 0) is 19.3 Å². The van der Waals surface area contributed by atoms with Crippen LogP contribution in [0.1, 0.15) is 48.7 Å². The van der Waals surface area contributed by atoms with E-state index in [9.17, 15) is 0 Å². The van der Waals surface area contributed by atoms with E-state index in [0.717, 1.165) is 19.4 Å². The van der Waals surface area contributed by atoms with Gasteiger partial charge in [-0.25, -0.2) is 4.98 Å². The van der Waals surface area contributed by atoms with Crippen LogP contribution in [0.3, 0.4) is 0 Å². The molecule has 1 aliphatic carbocycles. The lowest BCUT2D eigenvalue weighted by molar-refractivity contribution is 0.316. The summed E-state index contributed by atoms with van der Waals surface area (Å²) in [6, 6.07) is 0. The summed E-state index contributed by atoms with van der Waals surface area (Å²) in [5.41, 5.74) is 7.37. The Labute approximate surface area is 102 Å². The summed E-state index contributed by atoms with van der Waals surface area (Å²) in [5, 5.41) is 1.33. The monoisotopic (exact) mass is 238 g/mol. The summed E-state index contributed by atoms with van der Waals surface area (Å²) < 4.78 is 0. The van der Waals surface area contributed by atoms with Crippen LogP contribution >= 0.6 is 11.3 Å². The van der Waals surface area contributed by atoms with Crippen molar-refractivity contribution in [3.63, 3.8) is 0 Å². The second kappa shape index (κ2) is 4.84. The maximum atomic E-state index is 5.51. The first kappa shape index (κ1) is 12.1. The number of hydrogen-bond donors (Lipinski definition) is 1. The Kier molecular flexibility index (Phi) is 3.65. The summed E-state index contributed by atoms with van der Waals surface area (Å²) in [6.07, 6.45) is 7.11. The lowest BCUT2D eigenvalue weighted by Gasteiger charge is -2.28. The number of nitrogens with two attached hydrogens (primary N) is 1. The molecule has 2 nitrogen and oxygen atoms in total. The van der Waals surface area contributed by atoms with E-state index in [4.69, 9.17) is 10.7 Å². The van der Waals surface area contributed by atoms with Gasteiger partial charge in [-0.2, -0.15) is 0 Å². The Bertz CT molecular complexity index is 355. The third-order valence-corrected chi connectivity index (χ3v) is 4.50. The predicted molar refractivity (Wildman–Crippen MR) is 69.9 cm³/mol. The fourth-order valence-corrected chi connectivity index (χ4v) is 3.69. The molecular weight excluding hydrogens is 216 g/mol. The van der Waals surface area contributed by atoms with E-state index in [1.807, 2.05) is 11.3 Å². The zero-order chi connectivity index (χ0) is 11.6. The molecule has 0 radical (unpaired) electrons. The number of thiazole rings is 1. The Balaban J connectivity index is 2.01. The molecule has 0 aliphatic heterocycles. The SMILES string of the molecule is CC1(C)CCc2nc(CCCCN)sc2C1. The molecule has 0 fully saturated rings. The predicted octanol–water partition coefficient (Wildman–Crippen LogP) is 2.94. The van der Waals surface area contributed by atoms with Crippen molar-refractivity contribution in [1.29, 1.82) is 0 Å². The molecule has 0 unspecified atom stereocenters. The third kappa shape index (κ3) is 2.83. The number of fused-ring (bicyclic) bond motifs is 1. The molecule has 3 heteroatoms. The average molecular weight is 238 g/mol. The second-order valence-electron chi connectivity index (χ2n) is 5.56. The number of hydrogen-bond acceptors (Lipinski definition) is 3. The summed E-state index contributed by atoms with van der Waals surface area (Å²) in [6.45, 7) is 5.53. The van der Waals surface area contributed by atoms with Crippen LogP contribution in [-0.4, -0.2) is 11.5 Å². The van der Waals surface area contributed by atoms with Gasteiger partial charge in [0.15, 0.2) is 0 Å². The molecule has 1 aromatic heterocycles. The highest BCUT2D eigenvalue weighted by atomic mass is 32.1. The first-order valence-electron chi connectivity index (χ1n) is 6.28. The van der Waals surface area contributed by atoms with Gasteiger partial charge in [0.25, 0.3) is 0 Å². The van der Waals surface area contributed by atoms with E-state index in [1.54, 1.807) is 4.88 Å². The van der Waals surface area contributed by atoms with E-state index >= 15 is 0 Å². The van der Waals surface area contributed by atoms with E-state index in [2.05, 4.69) is 13.8 Å². The standard InChI is InChI=1S/C13H22N2S/c1-13(2)7-6-10-11(9-13)16-12(15-10)5-3-4-8-14/h3-9,14H2,1-2H3. The Morgan fingerprint density at radius 2 is 2.19 bits per heavy atom. The second-order valence-corrected chi connectivity index (χ2v) is 6.73. The molecule has 0 spiro atoms. The van der Waals surface area contributed by atoms with Crippen molar-refractivity contribution >= 4 is 11.3 Å². The molecule has 0 amide bonds. The van der Waals surface area contributed by atoms with E-state index in [0.29, 0.717) is 5.41 Å². The zero-order valence-electron chi connectivity index (χ0n) is 10.4. The van der Waals surface area contributed by atoms with Crippen molar-refractivity contribution in [3.8, 4) is 0 Å². The molecule has 1 aromatic rings. The molecule has 1 aliphatic rings. The van der Waals surface area contributed by atoms with Crippen molar-refractivity contribution in [2.24, 2.45) is 11.1 Å². The smallest absolute Gasteiger partial charge is 0.0931 e. The molecular formula is C13H22N2S. The molecule has 2 N–H and O–H groups in total. The van der Waals surface area contributed by atoms with Gasteiger partial charge in [-0.1, -0.05) is 13.8 Å². The van der Waals surface area contributed by atoms with E-state index in [-0.39, 0.29) is 0 Å². The van der Waals surface area contributed by atoms with Crippen molar-refractivity contribution in [3.05, 3.63) is 15.6 Å². The first-order valence-corrected chi connectivity index (χ1v) is 7.10. The average Bonchev–Trinajstić information content (AvgIpc) is 2.58. The molecule has 90 valence electrons. The van der Waals surface area contributed by atoms with Crippen molar-refractivity contribution in [2.45, 2.75) is 52.4 Å². The zero-order valence-corrected chi connectivity index (χ0v) is 11.2. The van der Waals surface area contributed by atoms with Gasteiger partial charge in [0.2, 0.25) is 0 Å². The molecule has 0 saturated heterocycles. The van der Waals surface area contributed by atoms with Gasteiger partial charge in [0, 0.05) is 4.88 Å². The van der Waals surface area contributed by atoms with Gasteiger partial charge < -0.3 is 5.73 Å². The van der Waals surface area contributed by atoms with E-state index < -0.39 is 0 Å². The number of unbranched alkanes of at least 4 members (excludes halogenated alkanes) is 1. The Hall–Kier alpha value is -0.410. The number of rotatable bonds is 4. The minimum Gasteiger partial charge on any atom is -0.330 e.